The number of hydrogen-bond donors (Lipinski definition) is 1. The summed E-state index contributed by atoms with van der Waals surface area (Å²) in [4.78, 5) is 4.39. The van der Waals surface area contributed by atoms with E-state index >= 15 is 0 Å². The predicted octanol–water partition coefficient (Wildman–Crippen LogP) is 4.40. The number of thiophene rings is 1. The van der Waals surface area contributed by atoms with Crippen molar-refractivity contribution in [2.45, 2.75) is 0 Å². The molecule has 0 bridgehead atoms. The van der Waals surface area contributed by atoms with Crippen molar-refractivity contribution in [3.8, 4) is 11.5 Å². The maximum absolute atomic E-state index is 5.94. The van der Waals surface area contributed by atoms with Crippen molar-refractivity contribution in [1.29, 1.82) is 0 Å². The highest BCUT2D eigenvalue weighted by Gasteiger charge is 2.11. The molecule has 2 N–H and O–H groups in total. The molecule has 0 spiro atoms. The van der Waals surface area contributed by atoms with Gasteiger partial charge in [-0.1, -0.05) is 11.6 Å². The Morgan fingerprint density at radius 2 is 2.18 bits per heavy atom. The van der Waals surface area contributed by atoms with Crippen LogP contribution in [0.2, 0.25) is 5.02 Å². The number of aromatic nitrogens is 1. The molecule has 3 nitrogen and oxygen atoms in total. The Hall–Kier alpha value is -0.790. The zero-order valence-corrected chi connectivity index (χ0v) is 12.1. The second-order valence-electron chi connectivity index (χ2n) is 3.50. The fourth-order valence-corrected chi connectivity index (χ4v) is 2.99. The molecule has 17 heavy (non-hydrogen) atoms. The van der Waals surface area contributed by atoms with Gasteiger partial charge in [-0.3, -0.25) is 0 Å². The van der Waals surface area contributed by atoms with Crippen molar-refractivity contribution in [1.82, 2.24) is 4.98 Å². The summed E-state index contributed by atoms with van der Waals surface area (Å²) in [5.74, 6) is 0.598. The van der Waals surface area contributed by atoms with E-state index in [2.05, 4.69) is 27.6 Å². The number of oxazole rings is 1. The lowest BCUT2D eigenvalue weighted by Gasteiger charge is -1.94. The van der Waals surface area contributed by atoms with Crippen molar-refractivity contribution in [3.63, 3.8) is 0 Å². The first-order chi connectivity index (χ1) is 8.13. The maximum atomic E-state index is 5.94. The van der Waals surface area contributed by atoms with E-state index in [1.165, 1.54) is 2.88 Å². The molecular weight excluding hydrogens is 371 g/mol. The van der Waals surface area contributed by atoms with Gasteiger partial charge in [0, 0.05) is 17.0 Å². The smallest absolute Gasteiger partial charge is 0.228 e. The molecule has 0 unspecified atom stereocenters. The van der Waals surface area contributed by atoms with Crippen LogP contribution < -0.4 is 5.73 Å². The van der Waals surface area contributed by atoms with Crippen LogP contribution in [0.15, 0.2) is 28.0 Å². The van der Waals surface area contributed by atoms with Crippen molar-refractivity contribution in [3.05, 3.63) is 31.5 Å². The normalized spacial score (nSPS) is 11.2. The van der Waals surface area contributed by atoms with Gasteiger partial charge < -0.3 is 10.2 Å². The zero-order valence-electron chi connectivity index (χ0n) is 8.41. The zero-order chi connectivity index (χ0) is 12.0. The van der Waals surface area contributed by atoms with Gasteiger partial charge in [0.05, 0.1) is 13.6 Å². The highest BCUT2D eigenvalue weighted by Crippen LogP contribution is 2.31. The minimum absolute atomic E-state index is 0.497. The van der Waals surface area contributed by atoms with Gasteiger partial charge in [-0.15, -0.1) is 11.3 Å². The average Bonchev–Trinajstić information content (AvgIpc) is 2.85. The van der Waals surface area contributed by atoms with Gasteiger partial charge in [-0.05, 0) is 34.7 Å². The number of hydrogen-bond acceptors (Lipinski definition) is 4. The van der Waals surface area contributed by atoms with Crippen molar-refractivity contribution in [2.24, 2.45) is 0 Å². The molecule has 0 aliphatic carbocycles. The van der Waals surface area contributed by atoms with Gasteiger partial charge in [0.1, 0.15) is 5.52 Å². The summed E-state index contributed by atoms with van der Waals surface area (Å²) in [7, 11) is 0. The highest BCUT2D eigenvalue weighted by molar-refractivity contribution is 14.1. The van der Waals surface area contributed by atoms with Crippen LogP contribution in [0.5, 0.6) is 0 Å². The van der Waals surface area contributed by atoms with Crippen LogP contribution in [-0.2, 0) is 0 Å². The molecule has 86 valence electrons. The Labute approximate surface area is 120 Å². The highest BCUT2D eigenvalue weighted by atomic mass is 127. The summed E-state index contributed by atoms with van der Waals surface area (Å²) in [6, 6.07) is 5.45. The Bertz CT molecular complexity index is 668. The third-order valence-corrected chi connectivity index (χ3v) is 4.44. The molecule has 1 aromatic carbocycles. The first-order valence-electron chi connectivity index (χ1n) is 4.73. The SMILES string of the molecule is Nc1cc2oc(-c3csc(I)c3)nc2cc1Cl. The van der Waals surface area contributed by atoms with Gasteiger partial charge in [-0.25, -0.2) is 4.98 Å². The molecular formula is C11H6ClIN2OS. The Balaban J connectivity index is 2.19. The van der Waals surface area contributed by atoms with E-state index in [9.17, 15) is 0 Å². The van der Waals surface area contributed by atoms with Gasteiger partial charge in [0.25, 0.3) is 0 Å². The van der Waals surface area contributed by atoms with Crippen molar-refractivity contribution in [2.75, 3.05) is 5.73 Å². The molecule has 0 radical (unpaired) electrons. The van der Waals surface area contributed by atoms with E-state index in [0.717, 1.165) is 11.1 Å². The summed E-state index contributed by atoms with van der Waals surface area (Å²) in [6.45, 7) is 0. The molecule has 0 aliphatic rings. The summed E-state index contributed by atoms with van der Waals surface area (Å²) in [5, 5.41) is 2.51. The van der Waals surface area contributed by atoms with E-state index < -0.39 is 0 Å². The summed E-state index contributed by atoms with van der Waals surface area (Å²) in [6.07, 6.45) is 0. The Morgan fingerprint density at radius 1 is 1.35 bits per heavy atom. The third kappa shape index (κ3) is 2.02. The van der Waals surface area contributed by atoms with Crippen LogP contribution in [0.3, 0.4) is 0 Å². The fourth-order valence-electron chi connectivity index (χ4n) is 1.51. The molecule has 2 heterocycles. The summed E-state index contributed by atoms with van der Waals surface area (Å²) < 4.78 is 6.85. The lowest BCUT2D eigenvalue weighted by atomic mass is 10.3. The van der Waals surface area contributed by atoms with Crippen LogP contribution >= 0.6 is 45.5 Å². The van der Waals surface area contributed by atoms with Crippen molar-refractivity contribution >= 4 is 62.3 Å². The molecule has 0 saturated heterocycles. The predicted molar refractivity (Wildman–Crippen MR) is 79.5 cm³/mol. The molecule has 6 heteroatoms. The first-order valence-corrected chi connectivity index (χ1v) is 7.07. The van der Waals surface area contributed by atoms with Gasteiger partial charge >= 0.3 is 0 Å². The van der Waals surface area contributed by atoms with Crippen LogP contribution in [0.4, 0.5) is 5.69 Å². The second-order valence-corrected chi connectivity index (χ2v) is 6.71. The Morgan fingerprint density at radius 3 is 2.88 bits per heavy atom. The fraction of sp³-hybridized carbons (Fsp3) is 0. The monoisotopic (exact) mass is 376 g/mol. The van der Waals surface area contributed by atoms with Gasteiger partial charge in [0.15, 0.2) is 5.58 Å². The number of nitrogen functional groups attached to an aromatic ring is 1. The van der Waals surface area contributed by atoms with Crippen LogP contribution in [-0.4, -0.2) is 4.98 Å². The molecule has 0 atom stereocenters. The summed E-state index contributed by atoms with van der Waals surface area (Å²) in [5.41, 5.74) is 8.58. The lowest BCUT2D eigenvalue weighted by Crippen LogP contribution is -1.84. The first kappa shape index (κ1) is 11.3. The largest absolute Gasteiger partial charge is 0.436 e. The summed E-state index contributed by atoms with van der Waals surface area (Å²) >= 11 is 9.86. The van der Waals surface area contributed by atoms with E-state index in [1.807, 2.05) is 11.4 Å². The van der Waals surface area contributed by atoms with Gasteiger partial charge in [0.2, 0.25) is 5.89 Å². The minimum Gasteiger partial charge on any atom is -0.436 e. The Kier molecular flexibility index (Phi) is 2.76. The van der Waals surface area contributed by atoms with Crippen LogP contribution in [0.1, 0.15) is 0 Å². The number of anilines is 1. The van der Waals surface area contributed by atoms with E-state index in [1.54, 1.807) is 23.5 Å². The molecule has 3 rings (SSSR count). The van der Waals surface area contributed by atoms with Crippen LogP contribution in [0.25, 0.3) is 22.6 Å². The number of fused-ring (bicyclic) bond motifs is 1. The second kappa shape index (κ2) is 4.15. The molecule has 0 saturated carbocycles. The number of nitrogens with zero attached hydrogens (tertiary/aromatic N) is 1. The number of halogens is 2. The standard InChI is InChI=1S/C11H6ClIN2OS/c12-6-2-8-9(3-7(6)14)16-11(15-8)5-1-10(13)17-4-5/h1-4H,14H2. The van der Waals surface area contributed by atoms with E-state index in [0.29, 0.717) is 22.2 Å². The molecule has 0 amide bonds. The van der Waals surface area contributed by atoms with Crippen molar-refractivity contribution < 1.29 is 4.42 Å². The molecule has 3 aromatic rings. The maximum Gasteiger partial charge on any atom is 0.228 e. The molecule has 0 fully saturated rings. The molecule has 2 aromatic heterocycles. The lowest BCUT2D eigenvalue weighted by molar-refractivity contribution is 0.620. The average molecular weight is 377 g/mol. The van der Waals surface area contributed by atoms with Gasteiger partial charge in [-0.2, -0.15) is 0 Å². The molecule has 0 aliphatic heterocycles. The number of benzene rings is 1. The quantitative estimate of drug-likeness (QED) is 0.506. The number of rotatable bonds is 1. The topological polar surface area (TPSA) is 52.0 Å². The third-order valence-electron chi connectivity index (χ3n) is 2.32. The van der Waals surface area contributed by atoms with Crippen LogP contribution in [0, 0.1) is 2.88 Å². The number of nitrogens with two attached hydrogens (primary N) is 1. The van der Waals surface area contributed by atoms with E-state index in [4.69, 9.17) is 21.8 Å². The minimum atomic E-state index is 0.497. The van der Waals surface area contributed by atoms with E-state index in [-0.39, 0.29) is 0 Å².